The molecule has 0 amide bonds. The first-order chi connectivity index (χ1) is 9.74. The Hall–Kier alpha value is -2.09. The minimum absolute atomic E-state index is 0.852. The molecule has 0 aliphatic heterocycles. The summed E-state index contributed by atoms with van der Waals surface area (Å²) in [6.07, 6.45) is 7.46. The Labute approximate surface area is 121 Å². The summed E-state index contributed by atoms with van der Waals surface area (Å²) in [4.78, 5) is 4.40. The van der Waals surface area contributed by atoms with E-state index in [9.17, 15) is 0 Å². The fraction of sp³-hybridized carbons (Fsp3) is 0.278. The fourth-order valence-electron chi connectivity index (χ4n) is 1.71. The molecule has 2 rings (SSSR count). The van der Waals surface area contributed by atoms with E-state index in [0.29, 0.717) is 0 Å². The lowest BCUT2D eigenvalue weighted by Gasteiger charge is -2.02. The molecule has 0 N–H and O–H groups in total. The molecule has 0 aliphatic rings. The van der Waals surface area contributed by atoms with Crippen LogP contribution in [0.3, 0.4) is 0 Å². The third-order valence-electron chi connectivity index (χ3n) is 2.89. The van der Waals surface area contributed by atoms with Crippen molar-refractivity contribution in [1.29, 1.82) is 0 Å². The molecule has 1 aromatic carbocycles. The van der Waals surface area contributed by atoms with Crippen LogP contribution in [-0.2, 0) is 0 Å². The molecule has 0 atom stereocenters. The highest BCUT2D eigenvalue weighted by molar-refractivity contribution is 5.81. The van der Waals surface area contributed by atoms with Gasteiger partial charge in [-0.2, -0.15) is 0 Å². The SMILES string of the molecule is C=CCCCC.C=Cc1ccc2cc(OC)ccc2n1. The quantitative estimate of drug-likeness (QED) is 0.546. The zero-order valence-corrected chi connectivity index (χ0v) is 12.4. The number of pyridine rings is 1. The molecule has 20 heavy (non-hydrogen) atoms. The van der Waals surface area contributed by atoms with Gasteiger partial charge in [-0.15, -0.1) is 6.58 Å². The fourth-order valence-corrected chi connectivity index (χ4v) is 1.71. The van der Waals surface area contributed by atoms with E-state index in [1.54, 1.807) is 13.2 Å². The van der Waals surface area contributed by atoms with Crippen molar-refractivity contribution in [2.75, 3.05) is 7.11 Å². The number of unbranched alkanes of at least 4 members (excludes halogenated alkanes) is 2. The molecule has 0 bridgehead atoms. The molecule has 0 spiro atoms. The second-order valence-electron chi connectivity index (χ2n) is 4.43. The lowest BCUT2D eigenvalue weighted by atomic mass is 10.2. The summed E-state index contributed by atoms with van der Waals surface area (Å²) < 4.78 is 5.13. The van der Waals surface area contributed by atoms with Crippen molar-refractivity contribution >= 4 is 17.0 Å². The Morgan fingerprint density at radius 1 is 1.20 bits per heavy atom. The van der Waals surface area contributed by atoms with Crippen LogP contribution in [0.4, 0.5) is 0 Å². The van der Waals surface area contributed by atoms with E-state index >= 15 is 0 Å². The first kappa shape index (κ1) is 16.0. The monoisotopic (exact) mass is 269 g/mol. The van der Waals surface area contributed by atoms with Gasteiger partial charge in [0, 0.05) is 5.39 Å². The lowest BCUT2D eigenvalue weighted by molar-refractivity contribution is 0.415. The smallest absolute Gasteiger partial charge is 0.119 e. The van der Waals surface area contributed by atoms with E-state index < -0.39 is 0 Å². The van der Waals surface area contributed by atoms with Crippen LogP contribution in [0.15, 0.2) is 49.6 Å². The Balaban J connectivity index is 0.000000286. The average molecular weight is 269 g/mol. The molecule has 1 heterocycles. The average Bonchev–Trinajstić information content (AvgIpc) is 2.52. The van der Waals surface area contributed by atoms with Crippen molar-refractivity contribution in [3.05, 3.63) is 55.3 Å². The van der Waals surface area contributed by atoms with Crippen LogP contribution >= 0.6 is 0 Å². The largest absolute Gasteiger partial charge is 0.497 e. The van der Waals surface area contributed by atoms with E-state index in [1.165, 1.54) is 19.3 Å². The van der Waals surface area contributed by atoms with Gasteiger partial charge in [-0.05, 0) is 36.8 Å². The molecule has 0 saturated carbocycles. The Morgan fingerprint density at radius 2 is 2.00 bits per heavy atom. The predicted octanol–water partition coefficient (Wildman–Crippen LogP) is 5.25. The molecule has 0 saturated heterocycles. The molecule has 0 radical (unpaired) electrons. The normalized spacial score (nSPS) is 9.50. The maximum atomic E-state index is 5.13. The van der Waals surface area contributed by atoms with Gasteiger partial charge in [-0.25, -0.2) is 4.98 Å². The molecule has 2 aromatic rings. The summed E-state index contributed by atoms with van der Waals surface area (Å²) in [6, 6.07) is 9.77. The van der Waals surface area contributed by atoms with E-state index in [0.717, 1.165) is 22.3 Å². The van der Waals surface area contributed by atoms with Gasteiger partial charge >= 0.3 is 0 Å². The number of fused-ring (bicyclic) bond motifs is 1. The van der Waals surface area contributed by atoms with Crippen LogP contribution in [-0.4, -0.2) is 12.1 Å². The number of hydrogen-bond donors (Lipinski definition) is 0. The van der Waals surface area contributed by atoms with Gasteiger partial charge in [0.15, 0.2) is 0 Å². The highest BCUT2D eigenvalue weighted by atomic mass is 16.5. The summed E-state index contributed by atoms with van der Waals surface area (Å²) in [5, 5.41) is 1.08. The predicted molar refractivity (Wildman–Crippen MR) is 88.1 cm³/mol. The van der Waals surface area contributed by atoms with E-state index in [1.807, 2.05) is 36.4 Å². The van der Waals surface area contributed by atoms with Crippen molar-refractivity contribution in [2.24, 2.45) is 0 Å². The summed E-state index contributed by atoms with van der Waals surface area (Å²) in [5.74, 6) is 0.852. The number of allylic oxidation sites excluding steroid dienone is 1. The molecule has 2 nitrogen and oxygen atoms in total. The first-order valence-corrected chi connectivity index (χ1v) is 6.93. The maximum Gasteiger partial charge on any atom is 0.119 e. The Kier molecular flexibility index (Phi) is 7.12. The molecule has 0 aliphatic carbocycles. The van der Waals surface area contributed by atoms with Crippen molar-refractivity contribution in [3.8, 4) is 5.75 Å². The van der Waals surface area contributed by atoms with Gasteiger partial charge in [0.05, 0.1) is 18.3 Å². The van der Waals surface area contributed by atoms with E-state index in [2.05, 4.69) is 25.1 Å². The molecular weight excluding hydrogens is 246 g/mol. The summed E-state index contributed by atoms with van der Waals surface area (Å²) in [5.41, 5.74) is 1.85. The molecule has 106 valence electrons. The third kappa shape index (κ3) is 4.88. The Bertz CT molecular complexity index is 560. The zero-order chi connectivity index (χ0) is 14.8. The Morgan fingerprint density at radius 3 is 2.55 bits per heavy atom. The minimum Gasteiger partial charge on any atom is -0.497 e. The summed E-state index contributed by atoms with van der Waals surface area (Å²) in [7, 11) is 1.66. The van der Waals surface area contributed by atoms with Gasteiger partial charge in [-0.1, -0.05) is 38.5 Å². The van der Waals surface area contributed by atoms with Gasteiger partial charge in [0.1, 0.15) is 5.75 Å². The van der Waals surface area contributed by atoms with Crippen LogP contribution in [0, 0.1) is 0 Å². The van der Waals surface area contributed by atoms with Gasteiger partial charge < -0.3 is 4.74 Å². The molecule has 2 heteroatoms. The minimum atomic E-state index is 0.852. The van der Waals surface area contributed by atoms with Crippen molar-refractivity contribution in [3.63, 3.8) is 0 Å². The van der Waals surface area contributed by atoms with E-state index in [-0.39, 0.29) is 0 Å². The molecular formula is C18H23NO. The maximum absolute atomic E-state index is 5.13. The van der Waals surface area contributed by atoms with Gasteiger partial charge in [0.25, 0.3) is 0 Å². The number of aromatic nitrogens is 1. The summed E-state index contributed by atoms with van der Waals surface area (Å²) >= 11 is 0. The lowest BCUT2D eigenvalue weighted by Crippen LogP contribution is -1.85. The number of rotatable bonds is 5. The standard InChI is InChI=1S/C12H11NO.C6H12/c1-3-10-5-4-9-8-11(14-2)6-7-12(9)13-10;1-3-5-6-4-2/h3-8H,1H2,2H3;3H,1,4-6H2,2H3. The topological polar surface area (TPSA) is 22.1 Å². The number of methoxy groups -OCH3 is 1. The van der Waals surface area contributed by atoms with Crippen LogP contribution in [0.1, 0.15) is 31.9 Å². The van der Waals surface area contributed by atoms with Gasteiger partial charge in [-0.3, -0.25) is 0 Å². The molecule has 0 fully saturated rings. The second kappa shape index (κ2) is 8.92. The zero-order valence-electron chi connectivity index (χ0n) is 12.4. The summed E-state index contributed by atoms with van der Waals surface area (Å²) in [6.45, 7) is 9.47. The number of benzene rings is 1. The third-order valence-corrected chi connectivity index (χ3v) is 2.89. The van der Waals surface area contributed by atoms with Crippen LogP contribution in [0.25, 0.3) is 17.0 Å². The molecule has 0 unspecified atom stereocenters. The first-order valence-electron chi connectivity index (χ1n) is 6.93. The highest BCUT2D eigenvalue weighted by Gasteiger charge is 1.97. The molecule has 1 aromatic heterocycles. The van der Waals surface area contributed by atoms with Gasteiger partial charge in [0.2, 0.25) is 0 Å². The van der Waals surface area contributed by atoms with Crippen molar-refractivity contribution in [1.82, 2.24) is 4.98 Å². The van der Waals surface area contributed by atoms with E-state index in [4.69, 9.17) is 4.74 Å². The van der Waals surface area contributed by atoms with Crippen LogP contribution in [0.2, 0.25) is 0 Å². The number of hydrogen-bond acceptors (Lipinski definition) is 2. The van der Waals surface area contributed by atoms with Crippen molar-refractivity contribution < 1.29 is 4.74 Å². The highest BCUT2D eigenvalue weighted by Crippen LogP contribution is 2.19. The number of ether oxygens (including phenoxy) is 1. The number of nitrogens with zero attached hydrogens (tertiary/aromatic N) is 1. The second-order valence-corrected chi connectivity index (χ2v) is 4.43. The van der Waals surface area contributed by atoms with Crippen LogP contribution in [0.5, 0.6) is 5.75 Å². The van der Waals surface area contributed by atoms with Crippen molar-refractivity contribution in [2.45, 2.75) is 26.2 Å². The van der Waals surface area contributed by atoms with Crippen LogP contribution < -0.4 is 4.74 Å².